The van der Waals surface area contributed by atoms with Crippen molar-refractivity contribution in [3.63, 3.8) is 0 Å². The third kappa shape index (κ3) is 4.16. The second kappa shape index (κ2) is 9.65. The first-order valence-corrected chi connectivity index (χ1v) is 12.7. The highest BCUT2D eigenvalue weighted by Crippen LogP contribution is 2.38. The summed E-state index contributed by atoms with van der Waals surface area (Å²) in [6.45, 7) is 0. The number of pyridine rings is 1. The maximum absolute atomic E-state index is 13.9. The van der Waals surface area contributed by atoms with Crippen molar-refractivity contribution in [2.45, 2.75) is 12.5 Å². The first-order chi connectivity index (χ1) is 18.9. The van der Waals surface area contributed by atoms with Crippen LogP contribution in [0.25, 0.3) is 32.4 Å². The van der Waals surface area contributed by atoms with E-state index in [4.69, 9.17) is 0 Å². The molecule has 0 aliphatic rings. The van der Waals surface area contributed by atoms with Crippen LogP contribution in [0.3, 0.4) is 0 Å². The number of benzene rings is 5. The minimum Gasteiger partial charge on any atom is -0.508 e. The quantitative estimate of drug-likeness (QED) is 0.216. The molecular weight excluding hydrogens is 488 g/mol. The lowest BCUT2D eigenvalue weighted by Crippen LogP contribution is -2.27. The number of nitrogens with zero attached hydrogens (tertiary/aromatic N) is 1. The monoisotopic (exact) mass is 514 g/mol. The van der Waals surface area contributed by atoms with Crippen LogP contribution in [0.1, 0.15) is 28.4 Å². The van der Waals surface area contributed by atoms with E-state index in [1.54, 1.807) is 37.4 Å². The zero-order valence-corrected chi connectivity index (χ0v) is 21.3. The van der Waals surface area contributed by atoms with Crippen LogP contribution >= 0.6 is 0 Å². The average molecular weight is 515 g/mol. The molecule has 1 aromatic heterocycles. The van der Waals surface area contributed by atoms with Crippen molar-refractivity contribution in [2.75, 3.05) is 5.32 Å². The van der Waals surface area contributed by atoms with Crippen LogP contribution in [0.15, 0.2) is 108 Å². The highest BCUT2D eigenvalue weighted by atomic mass is 16.3. The van der Waals surface area contributed by atoms with Crippen LogP contribution in [-0.4, -0.2) is 20.6 Å². The fraction of sp³-hybridized carbons (Fsp3) is 0.0909. The molecule has 0 amide bonds. The number of phenols is 1. The molecule has 0 unspecified atom stereocenters. The number of aromatic nitrogens is 1. The molecule has 6 heteroatoms. The Balaban J connectivity index is 1.52. The summed E-state index contributed by atoms with van der Waals surface area (Å²) in [5.74, 6) is -0.816. The Hall–Kier alpha value is -5.10. The number of ketones is 1. The van der Waals surface area contributed by atoms with E-state index in [0.717, 1.165) is 27.2 Å². The predicted molar refractivity (Wildman–Crippen MR) is 156 cm³/mol. The molecule has 1 atom stereocenters. The Labute approximate surface area is 224 Å². The number of hydrogen-bond donors (Lipinski definition) is 3. The minimum atomic E-state index is -0.704. The smallest absolute Gasteiger partial charge is 0.265 e. The number of hydrogen-bond acceptors (Lipinski definition) is 5. The molecule has 39 heavy (non-hydrogen) atoms. The number of Topliss-reactive ketones (excluding diaryl/α,β-unsaturated/α-hetero) is 1. The second-order valence-electron chi connectivity index (χ2n) is 9.68. The topological polar surface area (TPSA) is 91.6 Å². The first-order valence-electron chi connectivity index (χ1n) is 12.7. The van der Waals surface area contributed by atoms with E-state index < -0.39 is 17.4 Å². The van der Waals surface area contributed by atoms with Crippen LogP contribution in [0.2, 0.25) is 0 Å². The molecule has 0 bridgehead atoms. The number of phenolic OH excluding ortho intramolecular Hbond substituents is 1. The summed E-state index contributed by atoms with van der Waals surface area (Å²) in [7, 11) is 1.59. The van der Waals surface area contributed by atoms with Crippen molar-refractivity contribution in [2.24, 2.45) is 7.05 Å². The molecule has 6 aromatic rings. The highest BCUT2D eigenvalue weighted by molar-refractivity contribution is 6.04. The van der Waals surface area contributed by atoms with Gasteiger partial charge in [0.2, 0.25) is 0 Å². The lowest BCUT2D eigenvalue weighted by molar-refractivity contribution is 0.0972. The van der Waals surface area contributed by atoms with E-state index in [1.165, 1.54) is 4.57 Å². The predicted octanol–water partition coefficient (Wildman–Crippen LogP) is 6.68. The molecule has 0 saturated heterocycles. The van der Waals surface area contributed by atoms with Crippen LogP contribution in [0, 0.1) is 0 Å². The van der Waals surface area contributed by atoms with E-state index in [1.807, 2.05) is 72.8 Å². The van der Waals surface area contributed by atoms with Gasteiger partial charge in [0.25, 0.3) is 5.56 Å². The van der Waals surface area contributed by atoms with Crippen molar-refractivity contribution >= 4 is 43.9 Å². The number of carbonyl (C=O) groups is 1. The van der Waals surface area contributed by atoms with Crippen LogP contribution < -0.4 is 10.9 Å². The van der Waals surface area contributed by atoms with Gasteiger partial charge in [-0.25, -0.2) is 0 Å². The molecule has 0 aliphatic carbocycles. The number of para-hydroxylation sites is 1. The molecule has 0 spiro atoms. The molecule has 0 fully saturated rings. The number of fused-ring (bicyclic) bond motifs is 3. The molecule has 0 saturated carbocycles. The lowest BCUT2D eigenvalue weighted by atomic mass is 9.92. The normalized spacial score (nSPS) is 12.1. The van der Waals surface area contributed by atoms with E-state index >= 15 is 0 Å². The maximum Gasteiger partial charge on any atom is 0.265 e. The van der Waals surface area contributed by atoms with Gasteiger partial charge in [-0.3, -0.25) is 9.59 Å². The van der Waals surface area contributed by atoms with Gasteiger partial charge in [-0.2, -0.15) is 0 Å². The molecule has 192 valence electrons. The Morgan fingerprint density at radius 2 is 1.38 bits per heavy atom. The molecular formula is C33H26N2O4. The first kappa shape index (κ1) is 24.2. The van der Waals surface area contributed by atoms with Gasteiger partial charge in [0.05, 0.1) is 11.6 Å². The van der Waals surface area contributed by atoms with Gasteiger partial charge >= 0.3 is 0 Å². The van der Waals surface area contributed by atoms with E-state index in [2.05, 4.69) is 5.32 Å². The summed E-state index contributed by atoms with van der Waals surface area (Å²) in [4.78, 5) is 27.2. The third-order valence-electron chi connectivity index (χ3n) is 7.36. The number of nitrogens with one attached hydrogen (secondary N) is 1. The molecule has 1 heterocycles. The zero-order valence-electron chi connectivity index (χ0n) is 21.3. The SMILES string of the molecule is Cn1c(=O)c(C(=O)C[C@H](Nc2cccc3ccccc23)c2c(O)ccc3ccccc23)c(O)c2ccccc21. The van der Waals surface area contributed by atoms with Gasteiger partial charge in [0.15, 0.2) is 5.78 Å². The van der Waals surface area contributed by atoms with E-state index in [9.17, 15) is 19.8 Å². The van der Waals surface area contributed by atoms with Crippen molar-refractivity contribution in [1.29, 1.82) is 0 Å². The van der Waals surface area contributed by atoms with Crippen LogP contribution in [0.4, 0.5) is 5.69 Å². The van der Waals surface area contributed by atoms with Gasteiger partial charge in [0.1, 0.15) is 17.1 Å². The van der Waals surface area contributed by atoms with Crippen molar-refractivity contribution < 1.29 is 15.0 Å². The number of rotatable bonds is 6. The number of anilines is 1. The molecule has 6 nitrogen and oxygen atoms in total. The van der Waals surface area contributed by atoms with Crippen molar-refractivity contribution in [3.8, 4) is 11.5 Å². The van der Waals surface area contributed by atoms with Gasteiger partial charge in [0, 0.05) is 35.5 Å². The van der Waals surface area contributed by atoms with Crippen LogP contribution in [0.5, 0.6) is 11.5 Å². The minimum absolute atomic E-state index is 0.0369. The Morgan fingerprint density at radius 3 is 2.15 bits per heavy atom. The summed E-state index contributed by atoms with van der Waals surface area (Å²) in [5.41, 5.74) is 1.04. The summed E-state index contributed by atoms with van der Waals surface area (Å²) in [6.07, 6.45) is -0.175. The third-order valence-corrected chi connectivity index (χ3v) is 7.36. The number of carbonyl (C=O) groups excluding carboxylic acids is 1. The summed E-state index contributed by atoms with van der Waals surface area (Å²) in [6, 6.07) is 31.1. The van der Waals surface area contributed by atoms with Gasteiger partial charge < -0.3 is 20.1 Å². The number of aromatic hydroxyl groups is 2. The molecule has 0 aliphatic heterocycles. The van der Waals surface area contributed by atoms with Crippen molar-refractivity contribution in [3.05, 3.63) is 125 Å². The average Bonchev–Trinajstić information content (AvgIpc) is 2.96. The largest absolute Gasteiger partial charge is 0.508 e. The zero-order chi connectivity index (χ0) is 27.1. The highest BCUT2D eigenvalue weighted by Gasteiger charge is 2.27. The summed E-state index contributed by atoms with van der Waals surface area (Å²) < 4.78 is 1.38. The fourth-order valence-electron chi connectivity index (χ4n) is 5.43. The molecule has 0 radical (unpaired) electrons. The van der Waals surface area contributed by atoms with Gasteiger partial charge in [-0.15, -0.1) is 0 Å². The summed E-state index contributed by atoms with van der Waals surface area (Å²) in [5, 5.41) is 29.7. The number of aryl methyl sites for hydroxylation is 1. The molecule has 5 aromatic carbocycles. The maximum atomic E-state index is 13.9. The molecule has 6 rings (SSSR count). The fourth-order valence-corrected chi connectivity index (χ4v) is 5.43. The lowest BCUT2D eigenvalue weighted by Gasteiger charge is -2.24. The van der Waals surface area contributed by atoms with E-state index in [-0.39, 0.29) is 23.5 Å². The summed E-state index contributed by atoms with van der Waals surface area (Å²) >= 11 is 0. The standard InChI is InChI=1S/C33H26N2O4/c1-35-27-16-7-6-14-24(27)32(38)31(33(35)39)29(37)19-26(30-23-13-5-3-10-21(23)17-18-28(30)36)34-25-15-8-11-20-9-2-4-12-22(20)25/h2-18,26,34,36,38H,19H2,1H3/t26-/m0/s1. The second-order valence-corrected chi connectivity index (χ2v) is 9.68. The van der Waals surface area contributed by atoms with E-state index in [0.29, 0.717) is 16.5 Å². The molecule has 3 N–H and O–H groups in total. The van der Waals surface area contributed by atoms with Crippen LogP contribution in [-0.2, 0) is 7.05 Å². The Bertz CT molecular complexity index is 1950. The van der Waals surface area contributed by atoms with Gasteiger partial charge in [-0.05, 0) is 40.4 Å². The van der Waals surface area contributed by atoms with Crippen molar-refractivity contribution in [1.82, 2.24) is 4.57 Å². The Morgan fingerprint density at radius 1 is 0.769 bits per heavy atom. The van der Waals surface area contributed by atoms with Gasteiger partial charge in [-0.1, -0.05) is 78.9 Å². The Kier molecular flexibility index (Phi) is 6.00.